The molecule has 1 aliphatic rings. The number of nitrogens with zero attached hydrogens (tertiary/aromatic N) is 1. The summed E-state index contributed by atoms with van der Waals surface area (Å²) in [5, 5.41) is 8.81. The van der Waals surface area contributed by atoms with Gasteiger partial charge in [-0.3, -0.25) is 4.79 Å². The molecule has 1 aromatic rings. The van der Waals surface area contributed by atoms with Crippen molar-refractivity contribution < 1.29 is 19.0 Å². The number of halogens is 1. The minimum absolute atomic E-state index is 0.178. The lowest BCUT2D eigenvalue weighted by Crippen LogP contribution is -2.37. The van der Waals surface area contributed by atoms with Crippen molar-refractivity contribution in [1.82, 2.24) is 0 Å². The van der Waals surface area contributed by atoms with Crippen LogP contribution < -0.4 is 10.6 Å². The van der Waals surface area contributed by atoms with Gasteiger partial charge in [-0.2, -0.15) is 0 Å². The van der Waals surface area contributed by atoms with Gasteiger partial charge in [0.05, 0.1) is 19.6 Å². The van der Waals surface area contributed by atoms with Crippen LogP contribution in [0.2, 0.25) is 0 Å². The molecule has 1 fully saturated rings. The monoisotopic (exact) mass is 268 g/mol. The molecule has 0 spiro atoms. The molecule has 0 amide bonds. The number of hydrogen-bond acceptors (Lipinski definition) is 4. The summed E-state index contributed by atoms with van der Waals surface area (Å²) < 4.78 is 18.7. The highest BCUT2D eigenvalue weighted by atomic mass is 19.1. The number of anilines is 1. The Bertz CT molecular complexity index is 461. The first-order chi connectivity index (χ1) is 9.08. The summed E-state index contributed by atoms with van der Waals surface area (Å²) in [7, 11) is 0. The maximum absolute atomic E-state index is 13.4. The van der Waals surface area contributed by atoms with E-state index in [-0.39, 0.29) is 12.2 Å². The first-order valence-corrected chi connectivity index (χ1v) is 6.17. The van der Waals surface area contributed by atoms with Crippen LogP contribution in [-0.4, -0.2) is 37.4 Å². The van der Waals surface area contributed by atoms with Gasteiger partial charge in [0.2, 0.25) is 0 Å². The Labute approximate surface area is 110 Å². The van der Waals surface area contributed by atoms with Crippen LogP contribution in [0.5, 0.6) is 0 Å². The van der Waals surface area contributed by atoms with E-state index in [1.165, 1.54) is 12.1 Å². The molecule has 5 nitrogen and oxygen atoms in total. The molecule has 19 heavy (non-hydrogen) atoms. The molecule has 1 heterocycles. The number of ether oxygens (including phenoxy) is 1. The fourth-order valence-corrected chi connectivity index (χ4v) is 2.21. The molecular weight excluding hydrogens is 251 g/mol. The fraction of sp³-hybridized carbons (Fsp3) is 0.462. The van der Waals surface area contributed by atoms with Gasteiger partial charge < -0.3 is 20.5 Å². The molecule has 2 rings (SSSR count). The average molecular weight is 268 g/mol. The number of aliphatic carboxylic acids is 1. The van der Waals surface area contributed by atoms with E-state index in [1.807, 2.05) is 4.90 Å². The molecule has 3 N–H and O–H groups in total. The van der Waals surface area contributed by atoms with Crippen molar-refractivity contribution in [3.8, 4) is 0 Å². The Hall–Kier alpha value is -1.66. The molecule has 104 valence electrons. The molecule has 0 radical (unpaired) electrons. The molecule has 1 saturated heterocycles. The van der Waals surface area contributed by atoms with Crippen molar-refractivity contribution in [2.45, 2.75) is 12.5 Å². The van der Waals surface area contributed by atoms with Crippen molar-refractivity contribution >= 4 is 11.7 Å². The van der Waals surface area contributed by atoms with E-state index in [9.17, 15) is 9.18 Å². The Balaban J connectivity index is 2.28. The lowest BCUT2D eigenvalue weighted by Gasteiger charge is -2.31. The Morgan fingerprint density at radius 3 is 2.79 bits per heavy atom. The van der Waals surface area contributed by atoms with Crippen molar-refractivity contribution in [2.75, 3.05) is 31.2 Å². The van der Waals surface area contributed by atoms with Crippen molar-refractivity contribution in [1.29, 1.82) is 0 Å². The van der Waals surface area contributed by atoms with Crippen LogP contribution in [0.15, 0.2) is 18.2 Å². The average Bonchev–Trinajstić information content (AvgIpc) is 2.38. The Morgan fingerprint density at radius 1 is 1.47 bits per heavy atom. The van der Waals surface area contributed by atoms with E-state index in [1.54, 1.807) is 6.07 Å². The van der Waals surface area contributed by atoms with Gasteiger partial charge in [0, 0.05) is 24.8 Å². The number of nitrogens with two attached hydrogens (primary N) is 1. The number of rotatable bonds is 4. The van der Waals surface area contributed by atoms with E-state index < -0.39 is 12.0 Å². The van der Waals surface area contributed by atoms with Crippen LogP contribution in [0.4, 0.5) is 10.1 Å². The minimum Gasteiger partial charge on any atom is -0.481 e. The Kier molecular flexibility index (Phi) is 4.34. The first kappa shape index (κ1) is 13.8. The predicted molar refractivity (Wildman–Crippen MR) is 68.6 cm³/mol. The highest BCUT2D eigenvalue weighted by molar-refractivity contribution is 5.69. The van der Waals surface area contributed by atoms with Gasteiger partial charge in [0.25, 0.3) is 0 Å². The standard InChI is InChI=1S/C13H17FN2O3/c14-9-1-2-10(11(15)8-13(17)18)12(7-9)16-3-5-19-6-4-16/h1-2,7,11H,3-6,8,15H2,(H,17,18). The summed E-state index contributed by atoms with van der Waals surface area (Å²) in [5.41, 5.74) is 7.21. The van der Waals surface area contributed by atoms with Gasteiger partial charge in [0.1, 0.15) is 5.82 Å². The van der Waals surface area contributed by atoms with Crippen molar-refractivity contribution in [3.05, 3.63) is 29.6 Å². The van der Waals surface area contributed by atoms with Crippen LogP contribution in [0.25, 0.3) is 0 Å². The molecule has 1 aliphatic heterocycles. The zero-order valence-corrected chi connectivity index (χ0v) is 10.5. The number of carboxylic acid groups (broad SMARTS) is 1. The van der Waals surface area contributed by atoms with Gasteiger partial charge in [-0.15, -0.1) is 0 Å². The SMILES string of the molecule is NC(CC(=O)O)c1ccc(F)cc1N1CCOCC1. The third-order valence-corrected chi connectivity index (χ3v) is 3.14. The molecule has 1 atom stereocenters. The van der Waals surface area contributed by atoms with Gasteiger partial charge >= 0.3 is 5.97 Å². The number of morpholine rings is 1. The van der Waals surface area contributed by atoms with Crippen LogP contribution in [-0.2, 0) is 9.53 Å². The topological polar surface area (TPSA) is 75.8 Å². The number of hydrogen-bond donors (Lipinski definition) is 2. The molecule has 0 aliphatic carbocycles. The van der Waals surface area contributed by atoms with E-state index in [2.05, 4.69) is 0 Å². The molecular formula is C13H17FN2O3. The van der Waals surface area contributed by atoms with Crippen molar-refractivity contribution in [3.63, 3.8) is 0 Å². The molecule has 6 heteroatoms. The van der Waals surface area contributed by atoms with Gasteiger partial charge in [-0.25, -0.2) is 4.39 Å². The molecule has 1 aromatic carbocycles. The van der Waals surface area contributed by atoms with Crippen LogP contribution in [0, 0.1) is 5.82 Å². The Morgan fingerprint density at radius 2 is 2.16 bits per heavy atom. The lowest BCUT2D eigenvalue weighted by molar-refractivity contribution is -0.137. The number of benzene rings is 1. The number of carbonyl (C=O) groups is 1. The zero-order chi connectivity index (χ0) is 13.8. The maximum Gasteiger partial charge on any atom is 0.305 e. The highest BCUT2D eigenvalue weighted by Crippen LogP contribution is 2.28. The minimum atomic E-state index is -0.968. The normalized spacial score (nSPS) is 17.3. The zero-order valence-electron chi connectivity index (χ0n) is 10.5. The second-order valence-electron chi connectivity index (χ2n) is 4.51. The number of carboxylic acids is 1. The fourth-order valence-electron chi connectivity index (χ4n) is 2.21. The van der Waals surface area contributed by atoms with Crippen LogP contribution in [0.1, 0.15) is 18.0 Å². The lowest BCUT2D eigenvalue weighted by atomic mass is 10.0. The van der Waals surface area contributed by atoms with E-state index >= 15 is 0 Å². The van der Waals surface area contributed by atoms with E-state index in [0.717, 1.165) is 0 Å². The summed E-state index contributed by atoms with van der Waals surface area (Å²) in [6, 6.07) is 3.63. The second kappa shape index (κ2) is 5.99. The molecule has 0 bridgehead atoms. The van der Waals surface area contributed by atoms with Gasteiger partial charge in [0.15, 0.2) is 0 Å². The van der Waals surface area contributed by atoms with Crippen LogP contribution >= 0.6 is 0 Å². The highest BCUT2D eigenvalue weighted by Gasteiger charge is 2.20. The van der Waals surface area contributed by atoms with Crippen LogP contribution in [0.3, 0.4) is 0 Å². The third-order valence-electron chi connectivity index (χ3n) is 3.14. The summed E-state index contributed by atoms with van der Waals surface area (Å²) in [6.07, 6.45) is -0.178. The summed E-state index contributed by atoms with van der Waals surface area (Å²) >= 11 is 0. The van der Waals surface area contributed by atoms with Gasteiger partial charge in [-0.05, 0) is 17.7 Å². The maximum atomic E-state index is 13.4. The predicted octanol–water partition coefficient (Wildman–Crippen LogP) is 1.14. The third kappa shape index (κ3) is 3.42. The summed E-state index contributed by atoms with van der Waals surface area (Å²) in [4.78, 5) is 12.7. The molecule has 0 saturated carbocycles. The summed E-state index contributed by atoms with van der Waals surface area (Å²) in [5.74, 6) is -1.32. The quantitative estimate of drug-likeness (QED) is 0.856. The second-order valence-corrected chi connectivity index (χ2v) is 4.51. The van der Waals surface area contributed by atoms with Gasteiger partial charge in [-0.1, -0.05) is 6.07 Å². The van der Waals surface area contributed by atoms with E-state index in [0.29, 0.717) is 37.6 Å². The molecule has 1 unspecified atom stereocenters. The molecule has 0 aromatic heterocycles. The summed E-state index contributed by atoms with van der Waals surface area (Å²) in [6.45, 7) is 2.45. The smallest absolute Gasteiger partial charge is 0.305 e. The largest absolute Gasteiger partial charge is 0.481 e. The first-order valence-electron chi connectivity index (χ1n) is 6.17. The van der Waals surface area contributed by atoms with E-state index in [4.69, 9.17) is 15.6 Å². The van der Waals surface area contributed by atoms with Crippen molar-refractivity contribution in [2.24, 2.45) is 5.73 Å².